The third kappa shape index (κ3) is 13.2. The van der Waals surface area contributed by atoms with Crippen molar-refractivity contribution in [1.82, 2.24) is 30.6 Å². The monoisotopic (exact) mass is 710 g/mol. The standard InChI is InChI=1S/2C13H22N6.C4H6O6.2H2O/c2*1-15-10-4-5-19(8-10)12-6-11(17-13(14)18-12)16-7-9-2-3-9;5-1(3(7)8)2(6)4(9)10;;/h2*6,9-10,15H,2-5,7-8H2,1H3,(H3,14,16,17,18);1-2,5-6H,(H,7,8)(H,9,10);2*1H2/t2*10-;;;/m11.../s1. The van der Waals surface area contributed by atoms with Gasteiger partial charge in [-0.2, -0.15) is 19.9 Å². The van der Waals surface area contributed by atoms with Crippen LogP contribution in [0.1, 0.15) is 38.5 Å². The first-order valence-corrected chi connectivity index (χ1v) is 16.4. The first-order chi connectivity index (χ1) is 22.9. The minimum absolute atomic E-state index is 0. The van der Waals surface area contributed by atoms with Crippen molar-refractivity contribution >= 4 is 47.1 Å². The number of rotatable bonds is 13. The Labute approximate surface area is 290 Å². The number of aliphatic carboxylic acids is 2. The number of anilines is 6. The Morgan fingerprint density at radius 1 is 0.720 bits per heavy atom. The molecule has 20 nitrogen and oxygen atoms in total. The molecule has 0 aromatic carbocycles. The molecule has 0 bridgehead atoms. The number of aliphatic hydroxyl groups excluding tert-OH is 2. The van der Waals surface area contributed by atoms with Crippen LogP contribution in [0.5, 0.6) is 0 Å². The van der Waals surface area contributed by atoms with Gasteiger partial charge in [-0.05, 0) is 64.5 Å². The average Bonchev–Trinajstić information content (AvgIpc) is 3.98. The minimum atomic E-state index is -2.27. The zero-order valence-corrected chi connectivity index (χ0v) is 28.5. The predicted octanol–water partition coefficient (Wildman–Crippen LogP) is -2.41. The molecule has 50 heavy (non-hydrogen) atoms. The van der Waals surface area contributed by atoms with E-state index in [4.69, 9.17) is 31.9 Å². The van der Waals surface area contributed by atoms with E-state index in [0.717, 1.165) is 87.2 Å². The van der Waals surface area contributed by atoms with Crippen LogP contribution in [0, 0.1) is 11.8 Å². The number of carbonyl (C=O) groups is 2. The maximum absolute atomic E-state index is 9.77. The van der Waals surface area contributed by atoms with E-state index in [2.05, 4.69) is 51.0 Å². The lowest BCUT2D eigenvalue weighted by Crippen LogP contribution is -2.39. The molecular formula is C30H54N12O8. The van der Waals surface area contributed by atoms with Crippen LogP contribution in [0.25, 0.3) is 0 Å². The van der Waals surface area contributed by atoms with Crippen LogP contribution < -0.4 is 42.5 Å². The summed E-state index contributed by atoms with van der Waals surface area (Å²) in [6, 6.07) is 5.10. The molecule has 0 amide bonds. The number of hydrogen-bond donors (Lipinski definition) is 10. The molecule has 16 N–H and O–H groups in total. The minimum Gasteiger partial charge on any atom is -0.479 e. The molecule has 4 atom stereocenters. The fourth-order valence-corrected chi connectivity index (χ4v) is 5.23. The van der Waals surface area contributed by atoms with E-state index < -0.39 is 24.1 Å². The number of carboxylic acids is 2. The Hall–Kier alpha value is -4.34. The van der Waals surface area contributed by atoms with Crippen molar-refractivity contribution < 1.29 is 41.0 Å². The Kier molecular flexibility index (Phi) is 16.5. The summed E-state index contributed by atoms with van der Waals surface area (Å²) in [5.74, 6) is 2.37. The van der Waals surface area contributed by atoms with E-state index in [9.17, 15) is 9.59 Å². The second-order valence-electron chi connectivity index (χ2n) is 12.6. The Morgan fingerprint density at radius 2 is 1.08 bits per heavy atom. The second kappa shape index (κ2) is 19.7. The van der Waals surface area contributed by atoms with Gasteiger partial charge in [0.15, 0.2) is 12.2 Å². The molecule has 2 saturated carbocycles. The highest BCUT2D eigenvalue weighted by Crippen LogP contribution is 2.30. The van der Waals surface area contributed by atoms with E-state index in [1.807, 2.05) is 26.2 Å². The molecule has 0 radical (unpaired) electrons. The lowest BCUT2D eigenvalue weighted by atomic mass is 10.2. The van der Waals surface area contributed by atoms with Crippen LogP contribution in [-0.4, -0.2) is 141 Å². The highest BCUT2D eigenvalue weighted by molar-refractivity contribution is 5.83. The number of carboxylic acid groups (broad SMARTS) is 2. The topological polar surface area (TPSA) is 336 Å². The molecule has 4 fully saturated rings. The lowest BCUT2D eigenvalue weighted by molar-refractivity contribution is -0.165. The number of nitrogens with one attached hydrogen (secondary N) is 4. The number of likely N-dealkylation sites (N-methyl/N-ethyl adjacent to an activating group) is 2. The average molecular weight is 711 g/mol. The Bertz CT molecular complexity index is 1270. The normalized spacial score (nSPS) is 20.5. The molecule has 2 saturated heterocycles. The summed E-state index contributed by atoms with van der Waals surface area (Å²) in [7, 11) is 4.01. The first-order valence-electron chi connectivity index (χ1n) is 16.4. The summed E-state index contributed by atoms with van der Waals surface area (Å²) >= 11 is 0. The third-order valence-electron chi connectivity index (χ3n) is 8.64. The van der Waals surface area contributed by atoms with Gasteiger partial charge in [0.05, 0.1) is 0 Å². The van der Waals surface area contributed by atoms with Crippen molar-refractivity contribution in [2.24, 2.45) is 11.8 Å². The van der Waals surface area contributed by atoms with Crippen molar-refractivity contribution in [2.45, 2.75) is 62.8 Å². The first kappa shape index (κ1) is 41.8. The number of nitrogens with zero attached hydrogens (tertiary/aromatic N) is 6. The van der Waals surface area contributed by atoms with Crippen molar-refractivity contribution in [2.75, 3.05) is 85.3 Å². The van der Waals surface area contributed by atoms with Gasteiger partial charge in [0, 0.05) is 63.5 Å². The van der Waals surface area contributed by atoms with Crippen molar-refractivity contribution in [3.63, 3.8) is 0 Å². The molecule has 6 rings (SSSR count). The maximum Gasteiger partial charge on any atom is 0.335 e. The van der Waals surface area contributed by atoms with Crippen LogP contribution in [0.4, 0.5) is 35.2 Å². The SMILES string of the molecule is CN[C@@H]1CCN(c2cc(NCC3CC3)nc(N)n2)C1.CN[C@@H]1CCN(c2cc(NCC3CC3)nc(N)n2)C1.O.O.O=C(O)C(O)C(O)C(=O)O. The van der Waals surface area contributed by atoms with Crippen molar-refractivity contribution in [1.29, 1.82) is 0 Å². The highest BCUT2D eigenvalue weighted by Gasteiger charge is 2.29. The summed E-state index contributed by atoms with van der Waals surface area (Å²) in [4.78, 5) is 41.3. The fourth-order valence-electron chi connectivity index (χ4n) is 5.23. The molecule has 20 heteroatoms. The molecule has 0 spiro atoms. The van der Waals surface area contributed by atoms with Gasteiger partial charge in [-0.1, -0.05) is 0 Å². The fraction of sp³-hybridized carbons (Fsp3) is 0.667. The van der Waals surface area contributed by atoms with Crippen LogP contribution in [0.3, 0.4) is 0 Å². The van der Waals surface area contributed by atoms with Crippen LogP contribution in [0.15, 0.2) is 12.1 Å². The van der Waals surface area contributed by atoms with Gasteiger partial charge in [-0.3, -0.25) is 0 Å². The Morgan fingerprint density at radius 3 is 1.36 bits per heavy atom. The summed E-state index contributed by atoms with van der Waals surface area (Å²) in [6.45, 7) is 5.99. The second-order valence-corrected chi connectivity index (χ2v) is 12.6. The lowest BCUT2D eigenvalue weighted by Gasteiger charge is -2.18. The van der Waals surface area contributed by atoms with E-state index in [-0.39, 0.29) is 11.0 Å². The maximum atomic E-state index is 9.77. The molecule has 4 aliphatic rings. The predicted molar refractivity (Wildman–Crippen MR) is 189 cm³/mol. The smallest absolute Gasteiger partial charge is 0.335 e. The molecular weight excluding hydrogens is 656 g/mol. The molecule has 2 aliphatic carbocycles. The summed E-state index contributed by atoms with van der Waals surface area (Å²) in [5.41, 5.74) is 11.6. The Balaban J connectivity index is 0.000000269. The van der Waals surface area contributed by atoms with Gasteiger partial charge in [0.1, 0.15) is 23.3 Å². The van der Waals surface area contributed by atoms with Gasteiger partial charge in [-0.15, -0.1) is 0 Å². The molecule has 282 valence electrons. The quantitative estimate of drug-likeness (QED) is 0.103. The summed E-state index contributed by atoms with van der Waals surface area (Å²) in [5, 5.41) is 45.9. The van der Waals surface area contributed by atoms with Gasteiger partial charge < -0.3 is 73.9 Å². The zero-order chi connectivity index (χ0) is 34.8. The van der Waals surface area contributed by atoms with Gasteiger partial charge in [0.25, 0.3) is 0 Å². The van der Waals surface area contributed by atoms with Crippen molar-refractivity contribution in [3.8, 4) is 0 Å². The number of hydrogen-bond acceptors (Lipinski definition) is 16. The number of nitrogen functional groups attached to an aromatic ring is 2. The third-order valence-corrected chi connectivity index (χ3v) is 8.64. The van der Waals surface area contributed by atoms with E-state index in [1.54, 1.807) is 0 Å². The van der Waals surface area contributed by atoms with E-state index in [1.165, 1.54) is 25.7 Å². The molecule has 2 aliphatic heterocycles. The molecule has 2 unspecified atom stereocenters. The summed E-state index contributed by atoms with van der Waals surface area (Å²) < 4.78 is 0. The van der Waals surface area contributed by atoms with Gasteiger partial charge >= 0.3 is 11.9 Å². The number of aliphatic hydroxyl groups is 2. The number of nitrogens with two attached hydrogens (primary N) is 2. The number of aromatic nitrogens is 4. The highest BCUT2D eigenvalue weighted by atomic mass is 16.4. The van der Waals surface area contributed by atoms with Crippen molar-refractivity contribution in [3.05, 3.63) is 12.1 Å². The van der Waals surface area contributed by atoms with Gasteiger partial charge in [-0.25, -0.2) is 9.59 Å². The van der Waals surface area contributed by atoms with Crippen LogP contribution in [0.2, 0.25) is 0 Å². The van der Waals surface area contributed by atoms with Crippen LogP contribution in [-0.2, 0) is 9.59 Å². The van der Waals surface area contributed by atoms with Gasteiger partial charge in [0.2, 0.25) is 11.9 Å². The van der Waals surface area contributed by atoms with Crippen LogP contribution >= 0.6 is 0 Å². The molecule has 2 aromatic rings. The molecule has 2 aromatic heterocycles. The zero-order valence-electron chi connectivity index (χ0n) is 28.5. The van der Waals surface area contributed by atoms with E-state index in [0.29, 0.717) is 24.0 Å². The largest absolute Gasteiger partial charge is 0.479 e. The molecule has 4 heterocycles. The summed E-state index contributed by atoms with van der Waals surface area (Å²) in [6.07, 6.45) is 3.07. The van der Waals surface area contributed by atoms with E-state index >= 15 is 0 Å².